The van der Waals surface area contributed by atoms with Gasteiger partial charge in [0.15, 0.2) is 0 Å². The van der Waals surface area contributed by atoms with E-state index in [0.29, 0.717) is 18.1 Å². The van der Waals surface area contributed by atoms with E-state index in [1.807, 2.05) is 66.4 Å². The van der Waals surface area contributed by atoms with Crippen molar-refractivity contribution in [3.63, 3.8) is 0 Å². The molecule has 1 amide bonds. The molecule has 1 aliphatic rings. The summed E-state index contributed by atoms with van der Waals surface area (Å²) in [5.41, 5.74) is 8.44. The molecule has 2 aromatic rings. The summed E-state index contributed by atoms with van der Waals surface area (Å²) < 4.78 is 0. The SMILES string of the molecule is CN(C)C(C(=O)N1C[C@@H](N)[C@H](c2ccccc2)C1)c1cccc(Cl)c1.Cl.Cl. The predicted molar refractivity (Wildman–Crippen MR) is 116 cm³/mol. The maximum Gasteiger partial charge on any atom is 0.244 e. The second-order valence-electron chi connectivity index (χ2n) is 6.85. The molecular formula is C20H26Cl3N3O. The third-order valence-electron chi connectivity index (χ3n) is 4.82. The Kier molecular flexibility index (Phi) is 9.06. The predicted octanol–water partition coefficient (Wildman–Crippen LogP) is 3.74. The fourth-order valence-corrected chi connectivity index (χ4v) is 3.77. The van der Waals surface area contributed by atoms with Crippen LogP contribution in [0.2, 0.25) is 5.02 Å². The Morgan fingerprint density at radius 2 is 1.78 bits per heavy atom. The highest BCUT2D eigenvalue weighted by Gasteiger charge is 2.37. The van der Waals surface area contributed by atoms with Gasteiger partial charge in [-0.05, 0) is 37.4 Å². The van der Waals surface area contributed by atoms with Crippen LogP contribution < -0.4 is 5.73 Å². The first-order chi connectivity index (χ1) is 12.0. The Labute approximate surface area is 178 Å². The number of hydrogen-bond donors (Lipinski definition) is 1. The number of likely N-dealkylation sites (N-methyl/N-ethyl adjacent to an activating group) is 1. The van der Waals surface area contributed by atoms with Crippen molar-refractivity contribution >= 4 is 42.3 Å². The van der Waals surface area contributed by atoms with Crippen molar-refractivity contribution in [2.75, 3.05) is 27.2 Å². The molecule has 7 heteroatoms. The molecule has 0 aromatic heterocycles. The highest BCUT2D eigenvalue weighted by atomic mass is 35.5. The molecule has 148 valence electrons. The molecular weight excluding hydrogens is 405 g/mol. The van der Waals surface area contributed by atoms with E-state index in [0.717, 1.165) is 5.56 Å². The first-order valence-corrected chi connectivity index (χ1v) is 8.86. The first-order valence-electron chi connectivity index (χ1n) is 8.48. The van der Waals surface area contributed by atoms with Gasteiger partial charge in [0.1, 0.15) is 6.04 Å². The molecule has 0 radical (unpaired) electrons. The summed E-state index contributed by atoms with van der Waals surface area (Å²) in [4.78, 5) is 17.0. The summed E-state index contributed by atoms with van der Waals surface area (Å²) in [5, 5.41) is 0.637. The maximum absolute atomic E-state index is 13.2. The lowest BCUT2D eigenvalue weighted by Crippen LogP contribution is -2.40. The fraction of sp³-hybridized carbons (Fsp3) is 0.350. The molecule has 0 bridgehead atoms. The number of carbonyl (C=O) groups is 1. The Hall–Kier alpha value is -1.30. The van der Waals surface area contributed by atoms with Gasteiger partial charge in [0.2, 0.25) is 5.91 Å². The lowest BCUT2D eigenvalue weighted by molar-refractivity contribution is -0.135. The van der Waals surface area contributed by atoms with Gasteiger partial charge in [0.25, 0.3) is 0 Å². The summed E-state index contributed by atoms with van der Waals surface area (Å²) in [7, 11) is 3.82. The van der Waals surface area contributed by atoms with Crippen LogP contribution in [0.15, 0.2) is 54.6 Å². The van der Waals surface area contributed by atoms with Gasteiger partial charge in [0.05, 0.1) is 0 Å². The minimum Gasteiger partial charge on any atom is -0.339 e. The molecule has 1 saturated heterocycles. The molecule has 1 heterocycles. The number of benzene rings is 2. The quantitative estimate of drug-likeness (QED) is 0.804. The van der Waals surface area contributed by atoms with Crippen molar-refractivity contribution in [1.29, 1.82) is 0 Å². The number of likely N-dealkylation sites (tertiary alicyclic amines) is 1. The molecule has 0 aliphatic carbocycles. The maximum atomic E-state index is 13.2. The third-order valence-corrected chi connectivity index (χ3v) is 5.05. The molecule has 1 aliphatic heterocycles. The van der Waals surface area contributed by atoms with Crippen LogP contribution in [0.3, 0.4) is 0 Å². The van der Waals surface area contributed by atoms with Crippen molar-refractivity contribution in [2.24, 2.45) is 5.73 Å². The van der Waals surface area contributed by atoms with Crippen molar-refractivity contribution < 1.29 is 4.79 Å². The van der Waals surface area contributed by atoms with E-state index in [9.17, 15) is 4.79 Å². The summed E-state index contributed by atoms with van der Waals surface area (Å²) in [6.07, 6.45) is 0. The van der Waals surface area contributed by atoms with Crippen LogP contribution in [0.25, 0.3) is 0 Å². The topological polar surface area (TPSA) is 49.6 Å². The van der Waals surface area contributed by atoms with E-state index in [-0.39, 0.29) is 48.7 Å². The molecule has 27 heavy (non-hydrogen) atoms. The second-order valence-corrected chi connectivity index (χ2v) is 7.28. The van der Waals surface area contributed by atoms with Crippen molar-refractivity contribution in [2.45, 2.75) is 18.0 Å². The number of amides is 1. The number of hydrogen-bond acceptors (Lipinski definition) is 3. The van der Waals surface area contributed by atoms with Gasteiger partial charge in [-0.1, -0.05) is 54.1 Å². The largest absolute Gasteiger partial charge is 0.339 e. The summed E-state index contributed by atoms with van der Waals surface area (Å²) >= 11 is 6.12. The molecule has 4 nitrogen and oxygen atoms in total. The lowest BCUT2D eigenvalue weighted by Gasteiger charge is -2.28. The van der Waals surface area contributed by atoms with E-state index in [2.05, 4.69) is 12.1 Å². The van der Waals surface area contributed by atoms with Gasteiger partial charge in [-0.15, -0.1) is 24.8 Å². The summed E-state index contributed by atoms with van der Waals surface area (Å²) in [5.74, 6) is 0.244. The molecule has 1 fully saturated rings. The van der Waals surface area contributed by atoms with Crippen LogP contribution in [0.1, 0.15) is 23.1 Å². The van der Waals surface area contributed by atoms with Crippen LogP contribution in [-0.4, -0.2) is 48.9 Å². The third kappa shape index (κ3) is 5.37. The first kappa shape index (κ1) is 23.7. The van der Waals surface area contributed by atoms with E-state index >= 15 is 0 Å². The number of nitrogens with two attached hydrogens (primary N) is 1. The Balaban J connectivity index is 0.00000182. The zero-order valence-electron chi connectivity index (χ0n) is 15.4. The van der Waals surface area contributed by atoms with Crippen LogP contribution >= 0.6 is 36.4 Å². The van der Waals surface area contributed by atoms with Crippen molar-refractivity contribution in [1.82, 2.24) is 9.80 Å². The Morgan fingerprint density at radius 1 is 1.11 bits per heavy atom. The second kappa shape index (κ2) is 10.3. The Morgan fingerprint density at radius 3 is 2.37 bits per heavy atom. The smallest absolute Gasteiger partial charge is 0.244 e. The molecule has 0 spiro atoms. The van der Waals surface area contributed by atoms with Crippen LogP contribution in [-0.2, 0) is 4.79 Å². The average Bonchev–Trinajstić information content (AvgIpc) is 2.97. The number of carbonyl (C=O) groups excluding carboxylic acids is 1. The van der Waals surface area contributed by atoms with E-state index in [1.54, 1.807) is 0 Å². The van der Waals surface area contributed by atoms with E-state index in [1.165, 1.54) is 5.56 Å². The molecule has 0 saturated carbocycles. The zero-order chi connectivity index (χ0) is 18.0. The number of nitrogens with zero attached hydrogens (tertiary/aromatic N) is 2. The van der Waals surface area contributed by atoms with E-state index in [4.69, 9.17) is 17.3 Å². The minimum atomic E-state index is -0.361. The number of rotatable bonds is 4. The summed E-state index contributed by atoms with van der Waals surface area (Å²) in [6.45, 7) is 1.22. The molecule has 2 N–H and O–H groups in total. The summed E-state index contributed by atoms with van der Waals surface area (Å²) in [6, 6.07) is 17.3. The highest BCUT2D eigenvalue weighted by Crippen LogP contribution is 2.30. The van der Waals surface area contributed by atoms with Crippen LogP contribution in [0, 0.1) is 0 Å². The molecule has 3 rings (SSSR count). The fourth-order valence-electron chi connectivity index (χ4n) is 3.57. The van der Waals surface area contributed by atoms with Gasteiger partial charge in [-0.2, -0.15) is 0 Å². The molecule has 3 atom stereocenters. The van der Waals surface area contributed by atoms with Gasteiger partial charge < -0.3 is 10.6 Å². The van der Waals surface area contributed by atoms with Gasteiger partial charge in [-0.3, -0.25) is 9.69 Å². The van der Waals surface area contributed by atoms with Gasteiger partial charge in [0, 0.05) is 30.1 Å². The van der Waals surface area contributed by atoms with E-state index < -0.39 is 0 Å². The standard InChI is InChI=1S/C20H24ClN3O.2ClH/c1-23(2)19(15-9-6-10-16(21)11-15)20(25)24-12-17(18(22)13-24)14-7-4-3-5-8-14;;/h3-11,17-19H,12-13,22H2,1-2H3;2*1H/t17-,18+,19?;;/m0../s1. The lowest BCUT2D eigenvalue weighted by atomic mass is 9.95. The van der Waals surface area contributed by atoms with Gasteiger partial charge >= 0.3 is 0 Å². The zero-order valence-corrected chi connectivity index (χ0v) is 17.8. The average molecular weight is 431 g/mol. The highest BCUT2D eigenvalue weighted by molar-refractivity contribution is 6.30. The van der Waals surface area contributed by atoms with Crippen molar-refractivity contribution in [3.8, 4) is 0 Å². The minimum absolute atomic E-state index is 0. The monoisotopic (exact) mass is 429 g/mol. The van der Waals surface area contributed by atoms with Crippen molar-refractivity contribution in [3.05, 3.63) is 70.7 Å². The number of halogens is 3. The molecule has 1 unspecified atom stereocenters. The molecule has 2 aromatic carbocycles. The van der Waals surface area contributed by atoms with Gasteiger partial charge in [-0.25, -0.2) is 0 Å². The normalized spacial score (nSPS) is 20.0. The Bertz CT molecular complexity index is 742. The van der Waals surface area contributed by atoms with Crippen LogP contribution in [0.4, 0.5) is 0 Å². The van der Waals surface area contributed by atoms with Crippen LogP contribution in [0.5, 0.6) is 0 Å².